The molecular weight excluding hydrogens is 202 g/mol. The predicted molar refractivity (Wildman–Crippen MR) is 64.2 cm³/mol. The Morgan fingerprint density at radius 3 is 3.12 bits per heavy atom. The van der Waals surface area contributed by atoms with E-state index in [-0.39, 0.29) is 5.91 Å². The van der Waals surface area contributed by atoms with Crippen molar-refractivity contribution < 1.29 is 4.79 Å². The van der Waals surface area contributed by atoms with Gasteiger partial charge in [-0.3, -0.25) is 9.69 Å². The summed E-state index contributed by atoms with van der Waals surface area (Å²) < 4.78 is 0. The molecule has 0 atom stereocenters. The van der Waals surface area contributed by atoms with Crippen molar-refractivity contribution in [2.45, 2.75) is 13.0 Å². The van der Waals surface area contributed by atoms with Crippen molar-refractivity contribution in [1.82, 2.24) is 4.90 Å². The summed E-state index contributed by atoms with van der Waals surface area (Å²) in [6, 6.07) is 6.31. The first-order valence-electron chi connectivity index (χ1n) is 5.48. The van der Waals surface area contributed by atoms with Crippen molar-refractivity contribution >= 4 is 11.6 Å². The van der Waals surface area contributed by atoms with Crippen LogP contribution in [0.5, 0.6) is 0 Å². The maximum absolute atomic E-state index is 10.8. The number of rotatable bonds is 4. The molecule has 16 heavy (non-hydrogen) atoms. The highest BCUT2D eigenvalue weighted by atomic mass is 16.1. The number of benzene rings is 1. The summed E-state index contributed by atoms with van der Waals surface area (Å²) in [5, 5.41) is 3.38. The van der Waals surface area contributed by atoms with Crippen LogP contribution in [0, 0.1) is 0 Å². The molecule has 1 amide bonds. The van der Waals surface area contributed by atoms with Gasteiger partial charge in [0.15, 0.2) is 0 Å². The van der Waals surface area contributed by atoms with E-state index in [1.807, 2.05) is 11.9 Å². The van der Waals surface area contributed by atoms with Gasteiger partial charge in [-0.2, -0.15) is 0 Å². The van der Waals surface area contributed by atoms with Crippen molar-refractivity contribution in [3.8, 4) is 0 Å². The molecule has 1 aromatic carbocycles. The SMILES string of the molecule is CN(CC(N)=O)Cc1cccc2c1NCC2. The summed E-state index contributed by atoms with van der Waals surface area (Å²) >= 11 is 0. The fourth-order valence-corrected chi connectivity index (χ4v) is 2.16. The molecule has 4 nitrogen and oxygen atoms in total. The molecule has 0 radical (unpaired) electrons. The normalized spacial score (nSPS) is 13.6. The molecule has 0 saturated carbocycles. The summed E-state index contributed by atoms with van der Waals surface area (Å²) in [5.41, 5.74) is 9.00. The van der Waals surface area contributed by atoms with Crippen molar-refractivity contribution in [3.05, 3.63) is 29.3 Å². The first kappa shape index (κ1) is 11.0. The zero-order valence-electron chi connectivity index (χ0n) is 9.49. The number of hydrogen-bond donors (Lipinski definition) is 2. The van der Waals surface area contributed by atoms with Gasteiger partial charge in [0, 0.05) is 18.8 Å². The molecule has 0 aromatic heterocycles. The van der Waals surface area contributed by atoms with Gasteiger partial charge < -0.3 is 11.1 Å². The van der Waals surface area contributed by atoms with Gasteiger partial charge in [0.05, 0.1) is 6.54 Å². The zero-order chi connectivity index (χ0) is 11.5. The third-order valence-corrected chi connectivity index (χ3v) is 2.80. The molecule has 3 N–H and O–H groups in total. The number of likely N-dealkylation sites (N-methyl/N-ethyl adjacent to an activating group) is 1. The summed E-state index contributed by atoms with van der Waals surface area (Å²) in [7, 11) is 1.90. The van der Waals surface area contributed by atoms with Gasteiger partial charge in [0.2, 0.25) is 5.91 Å². The highest BCUT2D eigenvalue weighted by molar-refractivity contribution is 5.75. The van der Waals surface area contributed by atoms with E-state index in [9.17, 15) is 4.79 Å². The van der Waals surface area contributed by atoms with E-state index in [1.54, 1.807) is 0 Å². The average Bonchev–Trinajstić information content (AvgIpc) is 2.65. The van der Waals surface area contributed by atoms with Crippen LogP contribution in [0.2, 0.25) is 0 Å². The maximum Gasteiger partial charge on any atom is 0.231 e. The van der Waals surface area contributed by atoms with Crippen molar-refractivity contribution in [3.63, 3.8) is 0 Å². The van der Waals surface area contributed by atoms with Crippen LogP contribution >= 0.6 is 0 Å². The summed E-state index contributed by atoms with van der Waals surface area (Å²) in [5.74, 6) is -0.289. The number of anilines is 1. The average molecular weight is 219 g/mol. The molecule has 0 unspecified atom stereocenters. The molecule has 86 valence electrons. The molecule has 0 bridgehead atoms. The second kappa shape index (κ2) is 4.53. The Labute approximate surface area is 95.4 Å². The van der Waals surface area contributed by atoms with Gasteiger partial charge in [-0.05, 0) is 24.6 Å². The smallest absolute Gasteiger partial charge is 0.231 e. The molecule has 0 fully saturated rings. The zero-order valence-corrected chi connectivity index (χ0v) is 9.49. The first-order chi connectivity index (χ1) is 7.66. The van der Waals surface area contributed by atoms with Gasteiger partial charge in [0.1, 0.15) is 0 Å². The van der Waals surface area contributed by atoms with Crippen molar-refractivity contribution in [2.75, 3.05) is 25.5 Å². The minimum absolute atomic E-state index is 0.289. The lowest BCUT2D eigenvalue weighted by molar-refractivity contribution is -0.118. The highest BCUT2D eigenvalue weighted by Crippen LogP contribution is 2.26. The number of nitrogens with zero attached hydrogens (tertiary/aromatic N) is 1. The van der Waals surface area contributed by atoms with Crippen LogP contribution in [0.3, 0.4) is 0 Å². The molecule has 1 aromatic rings. The van der Waals surface area contributed by atoms with Crippen LogP contribution in [0.25, 0.3) is 0 Å². The van der Waals surface area contributed by atoms with Crippen LogP contribution in [-0.4, -0.2) is 30.9 Å². The van der Waals surface area contributed by atoms with E-state index in [4.69, 9.17) is 5.73 Å². The Bertz CT molecular complexity index is 403. The molecule has 1 heterocycles. The molecular formula is C12H17N3O. The summed E-state index contributed by atoms with van der Waals surface area (Å²) in [4.78, 5) is 12.7. The Hall–Kier alpha value is -1.55. The fourth-order valence-electron chi connectivity index (χ4n) is 2.16. The fraction of sp³-hybridized carbons (Fsp3) is 0.417. The Morgan fingerprint density at radius 1 is 1.56 bits per heavy atom. The number of nitrogens with one attached hydrogen (secondary N) is 1. The lowest BCUT2D eigenvalue weighted by Gasteiger charge is -2.17. The van der Waals surface area contributed by atoms with Gasteiger partial charge >= 0.3 is 0 Å². The summed E-state index contributed by atoms with van der Waals surface area (Å²) in [6.07, 6.45) is 1.09. The predicted octanol–water partition coefficient (Wildman–Crippen LogP) is 0.572. The molecule has 2 rings (SSSR count). The standard InChI is InChI=1S/C12H17N3O/c1-15(8-11(13)16)7-10-4-2-3-9-5-6-14-12(9)10/h2-4,14H,5-8H2,1H3,(H2,13,16). The van der Waals surface area contributed by atoms with Crippen LogP contribution in [-0.2, 0) is 17.8 Å². The van der Waals surface area contributed by atoms with E-state index in [0.717, 1.165) is 19.5 Å². The van der Waals surface area contributed by atoms with E-state index in [1.165, 1.54) is 16.8 Å². The number of carbonyl (C=O) groups is 1. The number of hydrogen-bond acceptors (Lipinski definition) is 3. The monoisotopic (exact) mass is 219 g/mol. The van der Waals surface area contributed by atoms with Gasteiger partial charge in [-0.25, -0.2) is 0 Å². The van der Waals surface area contributed by atoms with Crippen molar-refractivity contribution in [1.29, 1.82) is 0 Å². The molecule has 0 spiro atoms. The largest absolute Gasteiger partial charge is 0.384 e. The lowest BCUT2D eigenvalue weighted by atomic mass is 10.1. The number of carbonyl (C=O) groups excluding carboxylic acids is 1. The number of fused-ring (bicyclic) bond motifs is 1. The first-order valence-corrected chi connectivity index (χ1v) is 5.48. The van der Waals surface area contributed by atoms with Crippen LogP contribution in [0.15, 0.2) is 18.2 Å². The third-order valence-electron chi connectivity index (χ3n) is 2.80. The molecule has 1 aliphatic rings. The highest BCUT2D eigenvalue weighted by Gasteiger charge is 2.14. The Morgan fingerprint density at radius 2 is 2.38 bits per heavy atom. The van der Waals surface area contributed by atoms with Crippen LogP contribution < -0.4 is 11.1 Å². The Kier molecular flexibility index (Phi) is 3.10. The van der Waals surface area contributed by atoms with Crippen molar-refractivity contribution in [2.24, 2.45) is 5.73 Å². The van der Waals surface area contributed by atoms with E-state index in [2.05, 4.69) is 23.5 Å². The van der Waals surface area contributed by atoms with E-state index < -0.39 is 0 Å². The Balaban J connectivity index is 2.10. The molecule has 1 aliphatic heterocycles. The van der Waals surface area contributed by atoms with E-state index >= 15 is 0 Å². The second-order valence-electron chi connectivity index (χ2n) is 4.27. The van der Waals surface area contributed by atoms with Gasteiger partial charge in [0.25, 0.3) is 0 Å². The maximum atomic E-state index is 10.8. The number of primary amides is 1. The van der Waals surface area contributed by atoms with E-state index in [0.29, 0.717) is 6.54 Å². The van der Waals surface area contributed by atoms with Crippen LogP contribution in [0.1, 0.15) is 11.1 Å². The molecule has 0 aliphatic carbocycles. The summed E-state index contributed by atoms with van der Waals surface area (Å²) in [6.45, 7) is 2.05. The minimum atomic E-state index is -0.289. The van der Waals surface area contributed by atoms with Gasteiger partial charge in [-0.15, -0.1) is 0 Å². The lowest BCUT2D eigenvalue weighted by Crippen LogP contribution is -2.30. The quantitative estimate of drug-likeness (QED) is 0.778. The minimum Gasteiger partial charge on any atom is -0.384 e. The number of para-hydroxylation sites is 1. The third kappa shape index (κ3) is 2.33. The number of nitrogens with two attached hydrogens (primary N) is 1. The van der Waals surface area contributed by atoms with Crippen LogP contribution in [0.4, 0.5) is 5.69 Å². The molecule has 4 heteroatoms. The molecule has 0 saturated heterocycles. The second-order valence-corrected chi connectivity index (χ2v) is 4.27. The van der Waals surface area contributed by atoms with Gasteiger partial charge in [-0.1, -0.05) is 18.2 Å². The number of amides is 1. The topological polar surface area (TPSA) is 58.4 Å².